The summed E-state index contributed by atoms with van der Waals surface area (Å²) < 4.78 is 11.3. The van der Waals surface area contributed by atoms with Crippen molar-refractivity contribution >= 4 is 17.8 Å². The lowest BCUT2D eigenvalue weighted by molar-refractivity contribution is -0.105. The van der Waals surface area contributed by atoms with Crippen LogP contribution in [0.3, 0.4) is 0 Å². The Kier molecular flexibility index (Phi) is 6.44. The van der Waals surface area contributed by atoms with Crippen LogP contribution in [0.5, 0.6) is 5.75 Å². The highest BCUT2D eigenvalue weighted by Crippen LogP contribution is 2.18. The molecule has 2 aromatic rings. The largest absolute Gasteiger partial charge is 0.491 e. The highest BCUT2D eigenvalue weighted by Gasteiger charge is 2.12. The van der Waals surface area contributed by atoms with Crippen LogP contribution in [0.4, 0.5) is 11.4 Å². The average Bonchev–Trinajstić information content (AvgIpc) is 2.60. The minimum Gasteiger partial charge on any atom is -0.491 e. The van der Waals surface area contributed by atoms with Crippen LogP contribution in [-0.4, -0.2) is 39.8 Å². The molecule has 23 heavy (non-hydrogen) atoms. The van der Waals surface area contributed by atoms with E-state index in [1.54, 1.807) is 19.2 Å². The van der Waals surface area contributed by atoms with Gasteiger partial charge in [-0.2, -0.15) is 0 Å². The van der Waals surface area contributed by atoms with Crippen LogP contribution in [0.25, 0.3) is 0 Å². The highest BCUT2D eigenvalue weighted by atomic mass is 16.5. The van der Waals surface area contributed by atoms with E-state index < -0.39 is 0 Å². The fourth-order valence-corrected chi connectivity index (χ4v) is 2.22. The van der Waals surface area contributed by atoms with Crippen LogP contribution in [0, 0.1) is 0 Å². The van der Waals surface area contributed by atoms with Crippen molar-refractivity contribution in [2.45, 2.75) is 6.10 Å². The second-order valence-corrected chi connectivity index (χ2v) is 5.17. The molecule has 0 saturated heterocycles. The number of ether oxygens (including phenoxy) is 2. The average molecular weight is 314 g/mol. The minimum atomic E-state index is -0.0668. The number of likely N-dealkylation sites (N-methyl/N-ethyl adjacent to an activating group) is 1. The van der Waals surface area contributed by atoms with Crippen molar-refractivity contribution in [1.82, 2.24) is 0 Å². The fraction of sp³-hybridized carbons (Fsp3) is 0.278. The van der Waals surface area contributed by atoms with Gasteiger partial charge in [-0.15, -0.1) is 0 Å². The zero-order chi connectivity index (χ0) is 16.5. The number of nitrogens with one attached hydrogen (secondary N) is 1. The first-order valence-corrected chi connectivity index (χ1v) is 7.45. The van der Waals surface area contributed by atoms with E-state index in [0.29, 0.717) is 31.0 Å². The van der Waals surface area contributed by atoms with Gasteiger partial charge in [-0.1, -0.05) is 24.3 Å². The number of nitrogens with zero attached hydrogens (tertiary/aromatic N) is 1. The molecule has 1 unspecified atom stereocenters. The Hall–Kier alpha value is -2.53. The molecule has 1 N–H and O–H groups in total. The van der Waals surface area contributed by atoms with Gasteiger partial charge in [0.05, 0.1) is 0 Å². The summed E-state index contributed by atoms with van der Waals surface area (Å²) in [5, 5.41) is 2.60. The molecule has 2 rings (SSSR count). The Balaban J connectivity index is 1.89. The predicted octanol–water partition coefficient (Wildman–Crippen LogP) is 2.79. The first kappa shape index (κ1) is 16.8. The molecule has 1 atom stereocenters. The quantitative estimate of drug-likeness (QED) is 0.723. The van der Waals surface area contributed by atoms with Crippen LogP contribution < -0.4 is 15.0 Å². The lowest BCUT2D eigenvalue weighted by Crippen LogP contribution is -2.34. The lowest BCUT2D eigenvalue weighted by Gasteiger charge is -2.25. The maximum absolute atomic E-state index is 10.5. The summed E-state index contributed by atoms with van der Waals surface area (Å²) in [6.45, 7) is 1.14. The van der Waals surface area contributed by atoms with Gasteiger partial charge in [-0.05, 0) is 24.3 Å². The number of benzene rings is 2. The third kappa shape index (κ3) is 5.30. The van der Waals surface area contributed by atoms with E-state index in [9.17, 15) is 4.79 Å². The molecule has 0 radical (unpaired) electrons. The third-order valence-corrected chi connectivity index (χ3v) is 3.50. The molecule has 0 aliphatic rings. The SMILES string of the molecule is COC(COc1cccc(NC=O)c1)CN(C)c1ccccc1. The number of methoxy groups -OCH3 is 1. The van der Waals surface area contributed by atoms with Crippen LogP contribution in [0.15, 0.2) is 54.6 Å². The van der Waals surface area contributed by atoms with Gasteiger partial charge in [0, 0.05) is 38.1 Å². The number of amides is 1. The van der Waals surface area contributed by atoms with Crippen LogP contribution in [-0.2, 0) is 9.53 Å². The van der Waals surface area contributed by atoms with Gasteiger partial charge in [0.15, 0.2) is 0 Å². The van der Waals surface area contributed by atoms with Gasteiger partial charge >= 0.3 is 0 Å². The number of hydrogen-bond donors (Lipinski definition) is 1. The zero-order valence-corrected chi connectivity index (χ0v) is 13.4. The summed E-state index contributed by atoms with van der Waals surface area (Å²) in [6, 6.07) is 17.4. The molecule has 0 aliphatic carbocycles. The summed E-state index contributed by atoms with van der Waals surface area (Å²) in [6.07, 6.45) is 0.578. The van der Waals surface area contributed by atoms with Gasteiger partial charge in [0.2, 0.25) is 6.41 Å². The molecule has 0 bridgehead atoms. The molecular weight excluding hydrogens is 292 g/mol. The van der Waals surface area contributed by atoms with E-state index >= 15 is 0 Å². The van der Waals surface area contributed by atoms with E-state index in [1.807, 2.05) is 37.4 Å². The third-order valence-electron chi connectivity index (χ3n) is 3.50. The molecule has 0 spiro atoms. The summed E-state index contributed by atoms with van der Waals surface area (Å²) in [4.78, 5) is 12.6. The number of carbonyl (C=O) groups is 1. The number of anilines is 2. The molecule has 0 aromatic heterocycles. The number of para-hydroxylation sites is 1. The summed E-state index contributed by atoms with van der Waals surface area (Å²) in [5.41, 5.74) is 1.83. The first-order valence-electron chi connectivity index (χ1n) is 7.45. The smallest absolute Gasteiger partial charge is 0.211 e. The van der Waals surface area contributed by atoms with Crippen molar-refractivity contribution in [3.63, 3.8) is 0 Å². The van der Waals surface area contributed by atoms with Crippen molar-refractivity contribution in [3.8, 4) is 5.75 Å². The Morgan fingerprint density at radius 3 is 2.65 bits per heavy atom. The van der Waals surface area contributed by atoms with Crippen molar-refractivity contribution in [3.05, 3.63) is 54.6 Å². The van der Waals surface area contributed by atoms with Crippen molar-refractivity contribution in [2.75, 3.05) is 37.5 Å². The summed E-state index contributed by atoms with van der Waals surface area (Å²) >= 11 is 0. The van der Waals surface area contributed by atoms with Crippen molar-refractivity contribution < 1.29 is 14.3 Å². The Morgan fingerprint density at radius 1 is 1.17 bits per heavy atom. The van der Waals surface area contributed by atoms with E-state index in [4.69, 9.17) is 9.47 Å². The predicted molar refractivity (Wildman–Crippen MR) is 92.1 cm³/mol. The molecule has 0 fully saturated rings. The normalized spacial score (nSPS) is 11.6. The van der Waals surface area contributed by atoms with E-state index in [2.05, 4.69) is 22.3 Å². The number of carbonyl (C=O) groups excluding carboxylic acids is 1. The summed E-state index contributed by atoms with van der Waals surface area (Å²) in [5.74, 6) is 0.696. The molecule has 5 heteroatoms. The Morgan fingerprint density at radius 2 is 1.96 bits per heavy atom. The van der Waals surface area contributed by atoms with Crippen molar-refractivity contribution in [2.24, 2.45) is 0 Å². The minimum absolute atomic E-state index is 0.0668. The lowest BCUT2D eigenvalue weighted by atomic mass is 10.2. The van der Waals surface area contributed by atoms with E-state index in [1.165, 1.54) is 0 Å². The second-order valence-electron chi connectivity index (χ2n) is 5.17. The van der Waals surface area contributed by atoms with E-state index in [-0.39, 0.29) is 6.10 Å². The molecule has 122 valence electrons. The fourth-order valence-electron chi connectivity index (χ4n) is 2.22. The zero-order valence-electron chi connectivity index (χ0n) is 13.4. The summed E-state index contributed by atoms with van der Waals surface area (Å²) in [7, 11) is 3.70. The van der Waals surface area contributed by atoms with E-state index in [0.717, 1.165) is 5.69 Å². The molecule has 0 heterocycles. The van der Waals surface area contributed by atoms with Gasteiger partial charge < -0.3 is 19.7 Å². The van der Waals surface area contributed by atoms with Crippen LogP contribution in [0.1, 0.15) is 0 Å². The topological polar surface area (TPSA) is 50.8 Å². The molecule has 2 aromatic carbocycles. The van der Waals surface area contributed by atoms with Gasteiger partial charge in [-0.25, -0.2) is 0 Å². The van der Waals surface area contributed by atoms with Gasteiger partial charge in [-0.3, -0.25) is 4.79 Å². The van der Waals surface area contributed by atoms with Gasteiger partial charge in [0.25, 0.3) is 0 Å². The first-order chi connectivity index (χ1) is 11.2. The molecular formula is C18H22N2O3. The number of rotatable bonds is 9. The Labute approximate surface area is 136 Å². The van der Waals surface area contributed by atoms with Crippen LogP contribution >= 0.6 is 0 Å². The molecule has 5 nitrogen and oxygen atoms in total. The van der Waals surface area contributed by atoms with Crippen LogP contribution in [0.2, 0.25) is 0 Å². The standard InChI is InChI=1S/C18H22N2O3/c1-20(16-8-4-3-5-9-16)12-18(22-2)13-23-17-10-6-7-15(11-17)19-14-21/h3-11,14,18H,12-13H2,1-2H3,(H,19,21). The molecule has 0 saturated carbocycles. The number of hydrogen-bond acceptors (Lipinski definition) is 4. The monoisotopic (exact) mass is 314 g/mol. The Bertz CT molecular complexity index is 604. The van der Waals surface area contributed by atoms with Crippen molar-refractivity contribution in [1.29, 1.82) is 0 Å². The molecule has 1 amide bonds. The van der Waals surface area contributed by atoms with Gasteiger partial charge in [0.1, 0.15) is 18.5 Å². The highest BCUT2D eigenvalue weighted by molar-refractivity contribution is 5.71. The second kappa shape index (κ2) is 8.80. The maximum atomic E-state index is 10.5. The maximum Gasteiger partial charge on any atom is 0.211 e. The molecule has 0 aliphatic heterocycles.